The second-order valence-corrected chi connectivity index (χ2v) is 7.56. The molecule has 0 saturated heterocycles. The van der Waals surface area contributed by atoms with E-state index in [0.29, 0.717) is 18.6 Å². The van der Waals surface area contributed by atoms with Crippen LogP contribution in [-0.2, 0) is 11.2 Å². The zero-order valence-corrected chi connectivity index (χ0v) is 16.2. The number of ketones is 1. The highest BCUT2D eigenvalue weighted by molar-refractivity contribution is 5.86. The molecule has 0 bridgehead atoms. The third-order valence-corrected chi connectivity index (χ3v) is 5.93. The molecule has 0 aromatic heterocycles. The average Bonchev–Trinajstić information content (AvgIpc) is 3.11. The van der Waals surface area contributed by atoms with Crippen molar-refractivity contribution < 1.29 is 9.53 Å². The summed E-state index contributed by atoms with van der Waals surface area (Å²) >= 11 is 0. The second-order valence-electron chi connectivity index (χ2n) is 7.56. The van der Waals surface area contributed by atoms with Gasteiger partial charge >= 0.3 is 0 Å². The van der Waals surface area contributed by atoms with E-state index >= 15 is 0 Å². The number of nitrogens with zero attached hydrogens (tertiary/aromatic N) is 2. The molecular formula is C23H26N2O2. The summed E-state index contributed by atoms with van der Waals surface area (Å²) in [5.74, 6) is 1.62. The van der Waals surface area contributed by atoms with Crippen LogP contribution in [0, 0.1) is 12.8 Å². The highest BCUT2D eigenvalue weighted by Crippen LogP contribution is 2.42. The number of methoxy groups -OCH3 is 1. The van der Waals surface area contributed by atoms with Crippen LogP contribution in [0.5, 0.6) is 5.75 Å². The highest BCUT2D eigenvalue weighted by Gasteiger charge is 2.43. The highest BCUT2D eigenvalue weighted by atomic mass is 16.5. The van der Waals surface area contributed by atoms with Gasteiger partial charge in [-0.15, -0.1) is 0 Å². The van der Waals surface area contributed by atoms with Gasteiger partial charge in [-0.05, 0) is 48.2 Å². The Morgan fingerprint density at radius 3 is 2.59 bits per heavy atom. The van der Waals surface area contributed by atoms with Gasteiger partial charge in [0.05, 0.1) is 18.8 Å². The number of carbonyl (C=O) groups excluding carboxylic acids is 1. The molecular weight excluding hydrogens is 336 g/mol. The van der Waals surface area contributed by atoms with Gasteiger partial charge in [0.15, 0.2) is 0 Å². The summed E-state index contributed by atoms with van der Waals surface area (Å²) in [6, 6.07) is 14.9. The summed E-state index contributed by atoms with van der Waals surface area (Å²) in [6.07, 6.45) is 4.22. The van der Waals surface area contributed by atoms with Gasteiger partial charge in [-0.2, -0.15) is 5.10 Å². The van der Waals surface area contributed by atoms with E-state index in [0.717, 1.165) is 23.4 Å². The van der Waals surface area contributed by atoms with Gasteiger partial charge in [0, 0.05) is 30.9 Å². The molecule has 1 aliphatic carbocycles. The van der Waals surface area contributed by atoms with E-state index in [2.05, 4.69) is 56.5 Å². The summed E-state index contributed by atoms with van der Waals surface area (Å²) < 4.78 is 5.39. The first-order valence-electron chi connectivity index (χ1n) is 9.69. The molecule has 1 saturated carbocycles. The van der Waals surface area contributed by atoms with Crippen LogP contribution in [0.3, 0.4) is 0 Å². The molecule has 4 nitrogen and oxygen atoms in total. The first-order valence-corrected chi connectivity index (χ1v) is 9.69. The van der Waals surface area contributed by atoms with Gasteiger partial charge in [0.2, 0.25) is 0 Å². The van der Waals surface area contributed by atoms with Crippen LogP contribution in [0.1, 0.15) is 42.4 Å². The summed E-state index contributed by atoms with van der Waals surface area (Å²) in [4.78, 5) is 12.6. The summed E-state index contributed by atoms with van der Waals surface area (Å²) in [5, 5.41) is 6.75. The third-order valence-electron chi connectivity index (χ3n) is 5.93. The number of rotatable bonds is 4. The van der Waals surface area contributed by atoms with Gasteiger partial charge < -0.3 is 4.74 Å². The summed E-state index contributed by atoms with van der Waals surface area (Å²) in [7, 11) is 1.69. The Balaban J connectivity index is 1.63. The molecule has 1 heterocycles. The molecule has 0 radical (unpaired) electrons. The zero-order chi connectivity index (χ0) is 19.0. The number of hydrogen-bond donors (Lipinski definition) is 0. The quantitative estimate of drug-likeness (QED) is 0.804. The average molecular weight is 362 g/mol. The maximum atomic E-state index is 12.6. The molecule has 3 unspecified atom stereocenters. The lowest BCUT2D eigenvalue weighted by Crippen LogP contribution is -2.41. The first kappa shape index (κ1) is 17.8. The van der Waals surface area contributed by atoms with E-state index in [1.807, 2.05) is 11.1 Å². The molecule has 2 aliphatic rings. The Labute approximate surface area is 160 Å². The third kappa shape index (κ3) is 3.25. The minimum atomic E-state index is 0.103. The molecule has 1 aliphatic heterocycles. The standard InChI is InChI=1S/C23H26N2O2/c1-4-16-5-8-18(9-6-16)25-22-13-19(26)12-20(21(22)14-24-25)17-7-10-23(27-3)15(2)11-17/h5-11,14,20-22H,4,12-13H2,1-3H3. The number of Topliss-reactive ketones (excluding diaryl/α,β-unsaturated/α-hetero) is 1. The number of fused-ring (bicyclic) bond motifs is 1. The lowest BCUT2D eigenvalue weighted by Gasteiger charge is -2.36. The number of aryl methyl sites for hydroxylation is 2. The fourth-order valence-electron chi connectivity index (χ4n) is 4.40. The predicted molar refractivity (Wildman–Crippen MR) is 109 cm³/mol. The van der Waals surface area contributed by atoms with Crippen LogP contribution in [0.2, 0.25) is 0 Å². The topological polar surface area (TPSA) is 41.9 Å². The van der Waals surface area contributed by atoms with E-state index in [4.69, 9.17) is 9.84 Å². The number of anilines is 1. The van der Waals surface area contributed by atoms with Gasteiger partial charge in [-0.3, -0.25) is 9.80 Å². The van der Waals surface area contributed by atoms with Gasteiger partial charge in [0.1, 0.15) is 11.5 Å². The molecule has 0 N–H and O–H groups in total. The van der Waals surface area contributed by atoms with Crippen LogP contribution < -0.4 is 9.75 Å². The summed E-state index contributed by atoms with van der Waals surface area (Å²) in [5.41, 5.74) is 4.68. The van der Waals surface area contributed by atoms with Crippen molar-refractivity contribution in [1.82, 2.24) is 0 Å². The molecule has 0 spiro atoms. The van der Waals surface area contributed by atoms with Crippen molar-refractivity contribution in [1.29, 1.82) is 0 Å². The molecule has 2 aromatic rings. The Morgan fingerprint density at radius 2 is 1.93 bits per heavy atom. The Hall–Kier alpha value is -2.62. The Kier molecular flexibility index (Phi) is 4.73. The van der Waals surface area contributed by atoms with Gasteiger partial charge in [-0.25, -0.2) is 0 Å². The van der Waals surface area contributed by atoms with Crippen molar-refractivity contribution in [2.75, 3.05) is 12.1 Å². The minimum absolute atomic E-state index is 0.103. The van der Waals surface area contributed by atoms with E-state index in [9.17, 15) is 4.79 Å². The number of carbonyl (C=O) groups is 1. The smallest absolute Gasteiger partial charge is 0.135 e. The number of hydrazone groups is 1. The number of ether oxygens (including phenoxy) is 1. The molecule has 27 heavy (non-hydrogen) atoms. The van der Waals surface area contributed by atoms with Crippen LogP contribution in [-0.4, -0.2) is 25.1 Å². The Bertz CT molecular complexity index is 872. The van der Waals surface area contributed by atoms with Crippen molar-refractivity contribution in [3.63, 3.8) is 0 Å². The molecule has 1 fully saturated rings. The lowest BCUT2D eigenvalue weighted by atomic mass is 9.72. The number of hydrogen-bond acceptors (Lipinski definition) is 4. The van der Waals surface area contributed by atoms with Crippen molar-refractivity contribution in [3.8, 4) is 5.75 Å². The molecule has 0 amide bonds. The predicted octanol–water partition coefficient (Wildman–Crippen LogP) is 4.50. The van der Waals surface area contributed by atoms with Crippen molar-refractivity contribution in [2.45, 2.75) is 45.1 Å². The molecule has 4 heteroatoms. The van der Waals surface area contributed by atoms with Crippen molar-refractivity contribution in [2.24, 2.45) is 11.0 Å². The number of benzene rings is 2. The van der Waals surface area contributed by atoms with Crippen LogP contribution in [0.15, 0.2) is 47.6 Å². The van der Waals surface area contributed by atoms with Crippen LogP contribution in [0.25, 0.3) is 0 Å². The SMILES string of the molecule is CCc1ccc(N2N=CC3C(c4ccc(OC)c(C)c4)CC(=O)CC32)cc1. The maximum Gasteiger partial charge on any atom is 0.135 e. The minimum Gasteiger partial charge on any atom is -0.496 e. The molecule has 140 valence electrons. The van der Waals surface area contributed by atoms with Crippen LogP contribution >= 0.6 is 0 Å². The normalized spacial score (nSPS) is 24.2. The van der Waals surface area contributed by atoms with E-state index in [-0.39, 0.29) is 17.9 Å². The fraction of sp³-hybridized carbons (Fsp3) is 0.391. The molecule has 2 aromatic carbocycles. The van der Waals surface area contributed by atoms with Crippen molar-refractivity contribution in [3.05, 3.63) is 59.2 Å². The Morgan fingerprint density at radius 1 is 1.15 bits per heavy atom. The van der Waals surface area contributed by atoms with Gasteiger partial charge in [-0.1, -0.05) is 31.2 Å². The summed E-state index contributed by atoms with van der Waals surface area (Å²) in [6.45, 7) is 4.20. The second kappa shape index (κ2) is 7.18. The largest absolute Gasteiger partial charge is 0.496 e. The molecule has 4 rings (SSSR count). The molecule has 3 atom stereocenters. The van der Waals surface area contributed by atoms with Crippen molar-refractivity contribution >= 4 is 17.7 Å². The monoisotopic (exact) mass is 362 g/mol. The van der Waals surface area contributed by atoms with E-state index in [1.165, 1.54) is 11.1 Å². The zero-order valence-electron chi connectivity index (χ0n) is 16.2. The van der Waals surface area contributed by atoms with E-state index in [1.54, 1.807) is 7.11 Å². The first-order chi connectivity index (χ1) is 13.1. The fourth-order valence-corrected chi connectivity index (χ4v) is 4.40. The van der Waals surface area contributed by atoms with E-state index < -0.39 is 0 Å². The van der Waals surface area contributed by atoms with Gasteiger partial charge in [0.25, 0.3) is 0 Å². The van der Waals surface area contributed by atoms with Crippen LogP contribution in [0.4, 0.5) is 5.69 Å². The lowest BCUT2D eigenvalue weighted by molar-refractivity contribution is -0.121. The maximum absolute atomic E-state index is 12.6.